The fraction of sp³-hybridized carbons (Fsp3) is 0.227. The Bertz CT molecular complexity index is 947. The SMILES string of the molecule is COc1cc(/C=C/CN2CCc3[nH]nc(-c4ccccc4)c3C2)ccc1O. The first kappa shape index (κ1) is 17.4. The molecule has 4 rings (SSSR count). The Kier molecular flexibility index (Phi) is 4.94. The van der Waals surface area contributed by atoms with Gasteiger partial charge in [0.25, 0.3) is 0 Å². The third-order valence-corrected chi connectivity index (χ3v) is 4.94. The third kappa shape index (κ3) is 3.73. The first-order chi connectivity index (χ1) is 13.2. The van der Waals surface area contributed by atoms with E-state index >= 15 is 0 Å². The normalized spacial score (nSPS) is 14.4. The summed E-state index contributed by atoms with van der Waals surface area (Å²) < 4.78 is 5.16. The number of rotatable bonds is 5. The number of ether oxygens (including phenoxy) is 1. The van der Waals surface area contributed by atoms with Gasteiger partial charge in [0.2, 0.25) is 0 Å². The third-order valence-electron chi connectivity index (χ3n) is 4.94. The van der Waals surface area contributed by atoms with Gasteiger partial charge in [-0.15, -0.1) is 0 Å². The van der Waals surface area contributed by atoms with E-state index in [-0.39, 0.29) is 5.75 Å². The summed E-state index contributed by atoms with van der Waals surface area (Å²) in [4.78, 5) is 2.42. The summed E-state index contributed by atoms with van der Waals surface area (Å²) >= 11 is 0. The zero-order valence-electron chi connectivity index (χ0n) is 15.4. The number of methoxy groups -OCH3 is 1. The van der Waals surface area contributed by atoms with Crippen LogP contribution in [-0.2, 0) is 13.0 Å². The molecule has 0 atom stereocenters. The molecule has 1 aliphatic rings. The highest BCUT2D eigenvalue weighted by molar-refractivity contribution is 5.64. The van der Waals surface area contributed by atoms with E-state index in [1.807, 2.05) is 30.3 Å². The van der Waals surface area contributed by atoms with Crippen LogP contribution in [0.4, 0.5) is 0 Å². The summed E-state index contributed by atoms with van der Waals surface area (Å²) in [5.41, 5.74) is 5.77. The maximum atomic E-state index is 9.69. The van der Waals surface area contributed by atoms with Crippen molar-refractivity contribution in [2.75, 3.05) is 20.2 Å². The monoisotopic (exact) mass is 361 g/mol. The number of aromatic nitrogens is 2. The van der Waals surface area contributed by atoms with Crippen LogP contribution in [0.15, 0.2) is 54.6 Å². The number of hydrogen-bond acceptors (Lipinski definition) is 4. The molecule has 0 saturated heterocycles. The average molecular weight is 361 g/mol. The molecule has 0 fully saturated rings. The number of hydrogen-bond donors (Lipinski definition) is 2. The lowest BCUT2D eigenvalue weighted by Crippen LogP contribution is -2.30. The summed E-state index contributed by atoms with van der Waals surface area (Å²) in [6, 6.07) is 15.7. The molecule has 2 heterocycles. The van der Waals surface area contributed by atoms with Gasteiger partial charge in [-0.3, -0.25) is 10.00 Å². The minimum Gasteiger partial charge on any atom is -0.504 e. The minimum atomic E-state index is 0.159. The molecule has 0 radical (unpaired) electrons. The number of benzene rings is 2. The van der Waals surface area contributed by atoms with E-state index in [9.17, 15) is 5.11 Å². The fourth-order valence-corrected chi connectivity index (χ4v) is 3.48. The van der Waals surface area contributed by atoms with E-state index in [0.29, 0.717) is 5.75 Å². The topological polar surface area (TPSA) is 61.4 Å². The molecular formula is C22H23N3O2. The van der Waals surface area contributed by atoms with Crippen molar-refractivity contribution in [1.82, 2.24) is 15.1 Å². The highest BCUT2D eigenvalue weighted by Crippen LogP contribution is 2.29. The van der Waals surface area contributed by atoms with Crippen LogP contribution in [0, 0.1) is 0 Å². The predicted molar refractivity (Wildman–Crippen MR) is 107 cm³/mol. The quantitative estimate of drug-likeness (QED) is 0.724. The Morgan fingerprint density at radius 3 is 2.89 bits per heavy atom. The van der Waals surface area contributed by atoms with Gasteiger partial charge in [0.1, 0.15) is 0 Å². The molecule has 0 amide bonds. The molecule has 0 aliphatic carbocycles. The Morgan fingerprint density at radius 2 is 2.07 bits per heavy atom. The zero-order chi connectivity index (χ0) is 18.6. The van der Waals surface area contributed by atoms with Crippen molar-refractivity contribution in [2.45, 2.75) is 13.0 Å². The van der Waals surface area contributed by atoms with Crippen molar-refractivity contribution >= 4 is 6.08 Å². The van der Waals surface area contributed by atoms with E-state index in [4.69, 9.17) is 4.74 Å². The predicted octanol–water partition coefficient (Wildman–Crippen LogP) is 3.86. The van der Waals surface area contributed by atoms with Gasteiger partial charge in [0, 0.05) is 42.9 Å². The van der Waals surface area contributed by atoms with Gasteiger partial charge in [0.15, 0.2) is 11.5 Å². The number of H-pyrrole nitrogens is 1. The number of aromatic amines is 1. The van der Waals surface area contributed by atoms with Gasteiger partial charge in [0.05, 0.1) is 12.8 Å². The summed E-state index contributed by atoms with van der Waals surface area (Å²) in [7, 11) is 1.56. The van der Waals surface area contributed by atoms with Crippen LogP contribution in [0.25, 0.3) is 17.3 Å². The van der Waals surface area contributed by atoms with Crippen LogP contribution in [0.1, 0.15) is 16.8 Å². The lowest BCUT2D eigenvalue weighted by molar-refractivity contribution is 0.281. The van der Waals surface area contributed by atoms with E-state index in [2.05, 4.69) is 39.4 Å². The maximum Gasteiger partial charge on any atom is 0.161 e. The van der Waals surface area contributed by atoms with Crippen LogP contribution >= 0.6 is 0 Å². The summed E-state index contributed by atoms with van der Waals surface area (Å²) in [6.07, 6.45) is 5.19. The first-order valence-corrected chi connectivity index (χ1v) is 9.12. The smallest absolute Gasteiger partial charge is 0.161 e. The molecule has 1 aromatic heterocycles. The molecule has 3 aromatic rings. The van der Waals surface area contributed by atoms with Crippen molar-refractivity contribution in [2.24, 2.45) is 0 Å². The van der Waals surface area contributed by atoms with E-state index in [0.717, 1.165) is 42.9 Å². The van der Waals surface area contributed by atoms with Crippen LogP contribution < -0.4 is 4.74 Å². The van der Waals surface area contributed by atoms with E-state index < -0.39 is 0 Å². The molecule has 0 spiro atoms. The lowest BCUT2D eigenvalue weighted by atomic mass is 10.0. The standard InChI is InChI=1S/C22H23N3O2/c1-27-21-14-16(9-10-20(21)26)6-5-12-25-13-11-19-18(15-25)22(24-23-19)17-7-3-2-4-8-17/h2-10,14,26H,11-13,15H2,1H3,(H,23,24)/b6-5+. The molecule has 1 aliphatic heterocycles. The number of fused-ring (bicyclic) bond motifs is 1. The van der Waals surface area contributed by atoms with Gasteiger partial charge < -0.3 is 9.84 Å². The molecule has 2 N–H and O–H groups in total. The van der Waals surface area contributed by atoms with Crippen LogP contribution in [0.3, 0.4) is 0 Å². The lowest BCUT2D eigenvalue weighted by Gasteiger charge is -2.25. The van der Waals surface area contributed by atoms with Gasteiger partial charge in [-0.1, -0.05) is 48.6 Å². The largest absolute Gasteiger partial charge is 0.504 e. The molecule has 5 nitrogen and oxygen atoms in total. The maximum absolute atomic E-state index is 9.69. The second kappa shape index (κ2) is 7.68. The Morgan fingerprint density at radius 1 is 1.22 bits per heavy atom. The van der Waals surface area contributed by atoms with Gasteiger partial charge in [-0.2, -0.15) is 5.10 Å². The van der Waals surface area contributed by atoms with Gasteiger partial charge in [-0.25, -0.2) is 0 Å². The Hall–Kier alpha value is -3.05. The molecule has 0 bridgehead atoms. The molecule has 5 heteroatoms. The minimum absolute atomic E-state index is 0.159. The fourth-order valence-electron chi connectivity index (χ4n) is 3.48. The van der Waals surface area contributed by atoms with Crippen molar-refractivity contribution in [1.29, 1.82) is 0 Å². The summed E-state index contributed by atoms with van der Waals surface area (Å²) in [5, 5.41) is 17.5. The van der Waals surface area contributed by atoms with Crippen molar-refractivity contribution < 1.29 is 9.84 Å². The van der Waals surface area contributed by atoms with Gasteiger partial charge in [-0.05, 0) is 17.7 Å². The number of phenolic OH excluding ortho intramolecular Hbond substituents is 1. The highest BCUT2D eigenvalue weighted by Gasteiger charge is 2.21. The van der Waals surface area contributed by atoms with Crippen LogP contribution in [0.2, 0.25) is 0 Å². The zero-order valence-corrected chi connectivity index (χ0v) is 15.4. The number of nitrogens with zero attached hydrogens (tertiary/aromatic N) is 2. The van der Waals surface area contributed by atoms with Crippen LogP contribution in [-0.4, -0.2) is 40.4 Å². The Balaban J connectivity index is 1.45. The van der Waals surface area contributed by atoms with Crippen molar-refractivity contribution in [3.63, 3.8) is 0 Å². The average Bonchev–Trinajstić information content (AvgIpc) is 3.13. The molecule has 0 unspecified atom stereocenters. The molecule has 138 valence electrons. The first-order valence-electron chi connectivity index (χ1n) is 9.12. The van der Waals surface area contributed by atoms with Crippen molar-refractivity contribution in [3.8, 4) is 22.8 Å². The number of nitrogens with one attached hydrogen (secondary N) is 1. The van der Waals surface area contributed by atoms with E-state index in [1.165, 1.54) is 11.3 Å². The summed E-state index contributed by atoms with van der Waals surface area (Å²) in [5.74, 6) is 0.650. The second-order valence-electron chi connectivity index (χ2n) is 6.71. The van der Waals surface area contributed by atoms with Crippen molar-refractivity contribution in [3.05, 3.63) is 71.4 Å². The molecule has 0 saturated carbocycles. The number of aromatic hydroxyl groups is 1. The highest BCUT2D eigenvalue weighted by atomic mass is 16.5. The molecule has 2 aromatic carbocycles. The Labute approximate surface area is 158 Å². The molecule has 27 heavy (non-hydrogen) atoms. The van der Waals surface area contributed by atoms with Crippen LogP contribution in [0.5, 0.6) is 11.5 Å². The number of phenols is 1. The second-order valence-corrected chi connectivity index (χ2v) is 6.71. The molecular weight excluding hydrogens is 338 g/mol. The van der Waals surface area contributed by atoms with Gasteiger partial charge >= 0.3 is 0 Å². The van der Waals surface area contributed by atoms with E-state index in [1.54, 1.807) is 13.2 Å². The summed E-state index contributed by atoms with van der Waals surface area (Å²) in [6.45, 7) is 2.76.